The van der Waals surface area contributed by atoms with Crippen LogP contribution in [0.25, 0.3) is 0 Å². The molecule has 0 saturated heterocycles. The van der Waals surface area contributed by atoms with E-state index in [0.717, 1.165) is 16.9 Å². The third-order valence-electron chi connectivity index (χ3n) is 2.43. The van der Waals surface area contributed by atoms with Crippen LogP contribution in [0.3, 0.4) is 0 Å². The predicted octanol–water partition coefficient (Wildman–Crippen LogP) is 4.19. The van der Waals surface area contributed by atoms with Crippen LogP contribution in [0.2, 0.25) is 10.0 Å². The first-order valence-electron chi connectivity index (χ1n) is 5.19. The first kappa shape index (κ1) is 12.1. The van der Waals surface area contributed by atoms with E-state index in [1.165, 1.54) is 0 Å². The van der Waals surface area contributed by atoms with Crippen molar-refractivity contribution in [3.05, 3.63) is 58.1 Å². The van der Waals surface area contributed by atoms with Gasteiger partial charge in [-0.2, -0.15) is 0 Å². The topological polar surface area (TPSA) is 38.0 Å². The number of hydrogen-bond acceptors (Lipinski definition) is 2. The van der Waals surface area contributed by atoms with Crippen molar-refractivity contribution in [2.45, 2.75) is 6.54 Å². The fraction of sp³-hybridized carbons (Fsp3) is 0.0769. The van der Waals surface area contributed by atoms with Crippen LogP contribution < -0.4 is 11.1 Å². The number of halogens is 2. The summed E-state index contributed by atoms with van der Waals surface area (Å²) in [6, 6.07) is 13.2. The van der Waals surface area contributed by atoms with E-state index in [-0.39, 0.29) is 0 Å². The molecule has 2 nitrogen and oxygen atoms in total. The zero-order valence-electron chi connectivity index (χ0n) is 9.08. The van der Waals surface area contributed by atoms with E-state index in [4.69, 9.17) is 28.9 Å². The Balaban J connectivity index is 2.08. The molecule has 2 aromatic carbocycles. The Labute approximate surface area is 110 Å². The van der Waals surface area contributed by atoms with E-state index in [9.17, 15) is 0 Å². The Morgan fingerprint density at radius 2 is 1.76 bits per heavy atom. The molecule has 0 bridgehead atoms. The zero-order valence-corrected chi connectivity index (χ0v) is 10.6. The average Bonchev–Trinajstić information content (AvgIpc) is 2.32. The van der Waals surface area contributed by atoms with Gasteiger partial charge < -0.3 is 11.1 Å². The number of rotatable bonds is 3. The van der Waals surface area contributed by atoms with Gasteiger partial charge in [-0.25, -0.2) is 0 Å². The molecule has 0 fully saturated rings. The van der Waals surface area contributed by atoms with Gasteiger partial charge in [0.25, 0.3) is 0 Å². The monoisotopic (exact) mass is 266 g/mol. The maximum Gasteiger partial charge on any atom is 0.0595 e. The summed E-state index contributed by atoms with van der Waals surface area (Å²) in [6.07, 6.45) is 0. The van der Waals surface area contributed by atoms with Crippen molar-refractivity contribution in [1.29, 1.82) is 0 Å². The Morgan fingerprint density at radius 3 is 2.47 bits per heavy atom. The molecule has 0 heterocycles. The largest absolute Gasteiger partial charge is 0.397 e. The van der Waals surface area contributed by atoms with Crippen LogP contribution >= 0.6 is 23.2 Å². The van der Waals surface area contributed by atoms with Gasteiger partial charge in [-0.3, -0.25) is 0 Å². The summed E-state index contributed by atoms with van der Waals surface area (Å²) in [7, 11) is 0. The van der Waals surface area contributed by atoms with Crippen molar-refractivity contribution >= 4 is 34.6 Å². The molecule has 0 aromatic heterocycles. The highest BCUT2D eigenvalue weighted by Gasteiger charge is 2.01. The van der Waals surface area contributed by atoms with Crippen LogP contribution in [0.4, 0.5) is 11.4 Å². The zero-order chi connectivity index (χ0) is 12.3. The van der Waals surface area contributed by atoms with Crippen molar-refractivity contribution in [2.75, 3.05) is 11.1 Å². The van der Waals surface area contributed by atoms with Gasteiger partial charge in [-0.15, -0.1) is 0 Å². The van der Waals surface area contributed by atoms with Gasteiger partial charge >= 0.3 is 0 Å². The summed E-state index contributed by atoms with van der Waals surface area (Å²) in [5, 5.41) is 4.38. The molecule has 0 aliphatic carbocycles. The van der Waals surface area contributed by atoms with Crippen LogP contribution in [0.15, 0.2) is 42.5 Å². The molecule has 2 rings (SSSR count). The first-order chi connectivity index (χ1) is 8.16. The number of anilines is 2. The maximum atomic E-state index is 5.94. The van der Waals surface area contributed by atoms with E-state index in [0.29, 0.717) is 16.6 Å². The Bertz CT molecular complexity index is 527. The minimum atomic E-state index is 0.562. The SMILES string of the molecule is Nc1ccccc1NCc1ccc(Cl)c(Cl)c1. The van der Waals surface area contributed by atoms with Gasteiger partial charge in [0, 0.05) is 6.54 Å². The highest BCUT2D eigenvalue weighted by atomic mass is 35.5. The van der Waals surface area contributed by atoms with E-state index in [2.05, 4.69) is 5.32 Å². The molecule has 0 atom stereocenters. The maximum absolute atomic E-state index is 5.94. The van der Waals surface area contributed by atoms with Crippen LogP contribution in [-0.2, 0) is 6.54 Å². The van der Waals surface area contributed by atoms with Gasteiger partial charge in [-0.1, -0.05) is 41.4 Å². The number of para-hydroxylation sites is 2. The summed E-state index contributed by atoms with van der Waals surface area (Å²) < 4.78 is 0. The Kier molecular flexibility index (Phi) is 3.77. The molecular weight excluding hydrogens is 255 g/mol. The quantitative estimate of drug-likeness (QED) is 0.818. The summed E-state index contributed by atoms with van der Waals surface area (Å²) in [5.41, 5.74) is 8.53. The molecule has 88 valence electrons. The molecular formula is C13H12Cl2N2. The molecule has 3 N–H and O–H groups in total. The second kappa shape index (κ2) is 5.30. The van der Waals surface area contributed by atoms with Crippen molar-refractivity contribution < 1.29 is 0 Å². The number of benzene rings is 2. The highest BCUT2D eigenvalue weighted by Crippen LogP contribution is 2.23. The van der Waals surface area contributed by atoms with Crippen LogP contribution in [0.5, 0.6) is 0 Å². The molecule has 4 heteroatoms. The summed E-state index contributed by atoms with van der Waals surface area (Å²) >= 11 is 11.8. The van der Waals surface area contributed by atoms with Crippen molar-refractivity contribution in [3.63, 3.8) is 0 Å². The lowest BCUT2D eigenvalue weighted by molar-refractivity contribution is 1.15. The van der Waals surface area contributed by atoms with Crippen molar-refractivity contribution in [2.24, 2.45) is 0 Å². The summed E-state index contributed by atoms with van der Waals surface area (Å²) in [5.74, 6) is 0. The lowest BCUT2D eigenvalue weighted by Crippen LogP contribution is -2.02. The molecule has 0 saturated carbocycles. The van der Waals surface area contributed by atoms with Gasteiger partial charge in [0.1, 0.15) is 0 Å². The van der Waals surface area contributed by atoms with Gasteiger partial charge in [-0.05, 0) is 29.8 Å². The molecule has 0 amide bonds. The van der Waals surface area contributed by atoms with Gasteiger partial charge in [0.15, 0.2) is 0 Å². The Hall–Kier alpha value is -1.38. The summed E-state index contributed by atoms with van der Waals surface area (Å²) in [4.78, 5) is 0. The highest BCUT2D eigenvalue weighted by molar-refractivity contribution is 6.42. The molecule has 2 aromatic rings. The van der Waals surface area contributed by atoms with E-state index >= 15 is 0 Å². The fourth-order valence-electron chi connectivity index (χ4n) is 1.50. The van der Waals surface area contributed by atoms with Crippen LogP contribution in [0.1, 0.15) is 5.56 Å². The van der Waals surface area contributed by atoms with Crippen LogP contribution in [0, 0.1) is 0 Å². The number of nitrogens with one attached hydrogen (secondary N) is 1. The minimum absolute atomic E-state index is 0.562. The standard InChI is InChI=1S/C13H12Cl2N2/c14-10-6-5-9(7-11(10)15)8-17-13-4-2-1-3-12(13)16/h1-7,17H,8,16H2. The molecule has 17 heavy (non-hydrogen) atoms. The average molecular weight is 267 g/mol. The second-order valence-corrected chi connectivity index (χ2v) is 4.50. The van der Waals surface area contributed by atoms with Crippen LogP contribution in [-0.4, -0.2) is 0 Å². The van der Waals surface area contributed by atoms with Crippen molar-refractivity contribution in [3.8, 4) is 0 Å². The third-order valence-corrected chi connectivity index (χ3v) is 3.17. The lowest BCUT2D eigenvalue weighted by atomic mass is 10.2. The summed E-state index contributed by atoms with van der Waals surface area (Å²) in [6.45, 7) is 0.658. The van der Waals surface area contributed by atoms with E-state index < -0.39 is 0 Å². The van der Waals surface area contributed by atoms with E-state index in [1.54, 1.807) is 6.07 Å². The number of hydrogen-bond donors (Lipinski definition) is 2. The molecule has 0 aliphatic heterocycles. The predicted molar refractivity (Wildman–Crippen MR) is 74.6 cm³/mol. The number of nitrogen functional groups attached to an aromatic ring is 1. The van der Waals surface area contributed by atoms with Gasteiger partial charge in [0.05, 0.1) is 21.4 Å². The van der Waals surface area contributed by atoms with Crippen molar-refractivity contribution in [1.82, 2.24) is 0 Å². The first-order valence-corrected chi connectivity index (χ1v) is 5.95. The Morgan fingerprint density at radius 1 is 1.00 bits per heavy atom. The fourth-order valence-corrected chi connectivity index (χ4v) is 1.83. The smallest absolute Gasteiger partial charge is 0.0595 e. The van der Waals surface area contributed by atoms with E-state index in [1.807, 2.05) is 36.4 Å². The minimum Gasteiger partial charge on any atom is -0.397 e. The van der Waals surface area contributed by atoms with Gasteiger partial charge in [0.2, 0.25) is 0 Å². The lowest BCUT2D eigenvalue weighted by Gasteiger charge is -2.09. The molecule has 0 unspecified atom stereocenters. The number of nitrogens with two attached hydrogens (primary N) is 1. The normalized spacial score (nSPS) is 10.2. The molecule has 0 radical (unpaired) electrons. The third kappa shape index (κ3) is 3.05. The second-order valence-electron chi connectivity index (χ2n) is 3.69. The molecule has 0 spiro atoms. The molecule has 0 aliphatic rings.